The van der Waals surface area contributed by atoms with Gasteiger partial charge in [-0.15, -0.1) is 23.2 Å². The van der Waals surface area contributed by atoms with Gasteiger partial charge in [0.1, 0.15) is 11.4 Å². The van der Waals surface area contributed by atoms with Gasteiger partial charge in [0, 0.05) is 45.6 Å². The van der Waals surface area contributed by atoms with Gasteiger partial charge in [0.05, 0.1) is 10.0 Å². The number of benzene rings is 5. The van der Waals surface area contributed by atoms with Gasteiger partial charge in [-0.25, -0.2) is 0 Å². The number of nitrogens with zero attached hydrogens (tertiary/aromatic N) is 4. The van der Waals surface area contributed by atoms with Crippen LogP contribution in [-0.2, 0) is 30.9 Å². The molecule has 18 heteroatoms. The molecule has 0 bridgehead atoms. The Morgan fingerprint density at radius 1 is 0.516 bits per heavy atom. The van der Waals surface area contributed by atoms with Crippen LogP contribution in [0.5, 0.6) is 0 Å². The van der Waals surface area contributed by atoms with Crippen molar-refractivity contribution in [1.29, 1.82) is 0 Å². The highest BCUT2D eigenvalue weighted by atomic mass is 35.5. The molecule has 5 aromatic rings. The van der Waals surface area contributed by atoms with Crippen molar-refractivity contribution in [2.45, 2.75) is 51.5 Å². The highest BCUT2D eigenvalue weighted by Gasteiger charge is 2.26. The number of para-hydroxylation sites is 2. The number of alkyl halides is 2. The van der Waals surface area contributed by atoms with Crippen molar-refractivity contribution in [2.75, 3.05) is 21.3 Å². The molecule has 0 saturated heterocycles. The number of nitrogens with one attached hydrogen (secondary N) is 4. The molecule has 2 atom stereocenters. The van der Waals surface area contributed by atoms with E-state index in [1.165, 1.54) is 50.2 Å². The maximum Gasteiger partial charge on any atom is 0.258 e. The van der Waals surface area contributed by atoms with E-state index in [0.717, 1.165) is 11.1 Å². The molecule has 4 amide bonds. The summed E-state index contributed by atoms with van der Waals surface area (Å²) in [6.07, 6.45) is 0. The number of Topliss-reactive ketones (excluding diaryl/α,β-unsaturated/α-hetero) is 2. The minimum Gasteiger partial charge on any atom is -0.324 e. The summed E-state index contributed by atoms with van der Waals surface area (Å²) >= 11 is 24.7. The van der Waals surface area contributed by atoms with Gasteiger partial charge >= 0.3 is 0 Å². The average Bonchev–Trinajstić information content (AvgIpc) is 3.24. The Morgan fingerprint density at radius 3 is 1.24 bits per heavy atom. The van der Waals surface area contributed by atoms with Crippen LogP contribution in [-0.4, -0.2) is 47.3 Å². The fourth-order valence-electron chi connectivity index (χ4n) is 5.73. The average molecular weight is 917 g/mol. The summed E-state index contributed by atoms with van der Waals surface area (Å²) in [7, 11) is 0. The molecule has 0 aromatic heterocycles. The van der Waals surface area contributed by atoms with Gasteiger partial charge in [-0.2, -0.15) is 20.5 Å². The SMILES string of the molecule is CC(=O)C(N=Nc1cc(C(=O)Nc2ccccc2CCl)ccc1Cl)C(=O)Nc1cc(C)c(NC(=O)C(N=Nc2cc(C(=O)Nc3ccccc3CCl)ccc2Cl)C(C)=O)cc1C. The molecule has 0 saturated carbocycles. The van der Waals surface area contributed by atoms with E-state index in [2.05, 4.69) is 41.7 Å². The van der Waals surface area contributed by atoms with E-state index in [9.17, 15) is 28.8 Å². The Kier molecular flexibility index (Phi) is 16.2. The number of anilines is 4. The van der Waals surface area contributed by atoms with Crippen molar-refractivity contribution in [2.24, 2.45) is 20.5 Å². The van der Waals surface area contributed by atoms with E-state index in [1.54, 1.807) is 74.5 Å². The Bertz CT molecular complexity index is 2460. The van der Waals surface area contributed by atoms with Crippen LogP contribution in [0.3, 0.4) is 0 Å². The van der Waals surface area contributed by atoms with E-state index < -0.39 is 47.3 Å². The summed E-state index contributed by atoms with van der Waals surface area (Å²) in [6.45, 7) is 5.65. The molecular weight excluding hydrogens is 878 g/mol. The quantitative estimate of drug-likeness (QED) is 0.0431. The number of hydrogen-bond acceptors (Lipinski definition) is 10. The molecule has 2 unspecified atom stereocenters. The van der Waals surface area contributed by atoms with Crippen LogP contribution in [0.25, 0.3) is 0 Å². The predicted octanol–water partition coefficient (Wildman–Crippen LogP) is 11.0. The first-order valence-electron chi connectivity index (χ1n) is 18.6. The second-order valence-electron chi connectivity index (χ2n) is 13.7. The highest BCUT2D eigenvalue weighted by Crippen LogP contribution is 2.31. The summed E-state index contributed by atoms with van der Waals surface area (Å²) in [4.78, 5) is 78.1. The third-order valence-corrected chi connectivity index (χ3v) is 10.4. The van der Waals surface area contributed by atoms with Crippen molar-refractivity contribution >= 4 is 116 Å². The molecule has 0 aliphatic rings. The van der Waals surface area contributed by atoms with Crippen molar-refractivity contribution in [3.05, 3.63) is 140 Å². The molecule has 0 aliphatic carbocycles. The van der Waals surface area contributed by atoms with Crippen molar-refractivity contribution in [3.8, 4) is 0 Å². The van der Waals surface area contributed by atoms with Crippen molar-refractivity contribution in [1.82, 2.24) is 0 Å². The van der Waals surface area contributed by atoms with Crippen LogP contribution in [0.4, 0.5) is 34.1 Å². The van der Waals surface area contributed by atoms with Gasteiger partial charge in [0.25, 0.3) is 23.6 Å². The number of halogens is 4. The number of hydrogen-bond donors (Lipinski definition) is 4. The van der Waals surface area contributed by atoms with Gasteiger partial charge in [-0.3, -0.25) is 28.8 Å². The summed E-state index contributed by atoms with van der Waals surface area (Å²) in [5, 5.41) is 27.2. The van der Waals surface area contributed by atoms with E-state index >= 15 is 0 Å². The fourth-order valence-corrected chi connectivity index (χ4v) is 6.51. The number of carbonyl (C=O) groups is 6. The van der Waals surface area contributed by atoms with E-state index in [0.29, 0.717) is 33.9 Å². The van der Waals surface area contributed by atoms with Crippen LogP contribution >= 0.6 is 46.4 Å². The number of azo groups is 2. The largest absolute Gasteiger partial charge is 0.324 e. The molecule has 0 heterocycles. The Balaban J connectivity index is 1.27. The van der Waals surface area contributed by atoms with E-state index in [4.69, 9.17) is 46.4 Å². The van der Waals surface area contributed by atoms with E-state index in [1.807, 2.05) is 0 Å². The second kappa shape index (κ2) is 21.5. The molecule has 0 radical (unpaired) electrons. The van der Waals surface area contributed by atoms with Crippen molar-refractivity contribution in [3.63, 3.8) is 0 Å². The van der Waals surface area contributed by atoms with Gasteiger partial charge in [0.2, 0.25) is 12.1 Å². The molecule has 5 aromatic carbocycles. The summed E-state index contributed by atoms with van der Waals surface area (Å²) in [5.41, 5.74) is 4.52. The molecule has 0 fully saturated rings. The van der Waals surface area contributed by atoms with Gasteiger partial charge in [0.15, 0.2) is 11.6 Å². The first-order chi connectivity index (χ1) is 29.6. The lowest BCUT2D eigenvalue weighted by Crippen LogP contribution is -2.32. The second-order valence-corrected chi connectivity index (χ2v) is 15.1. The first kappa shape index (κ1) is 46.7. The third-order valence-electron chi connectivity index (χ3n) is 9.15. The Hall–Kier alpha value is -6.32. The zero-order valence-corrected chi connectivity index (χ0v) is 36.6. The predicted molar refractivity (Wildman–Crippen MR) is 242 cm³/mol. The standard InChI is InChI=1S/C44H38Cl4N8O6/c1-23-17-36(52-44(62)40(26(4)58)56-54-38-20-28(14-16-32(38)48)42(60)50-34-12-8-6-10-30(34)22-46)24(2)18-35(23)51-43(61)39(25(3)57)55-53-37-19-27(13-15-31(37)47)41(59)49-33-11-7-5-9-29(33)21-45/h5-20,39-40H,21-22H2,1-4H3,(H,49,59)(H,50,60)(H,51,61)(H,52,62). The molecule has 0 spiro atoms. The smallest absolute Gasteiger partial charge is 0.258 e. The molecule has 14 nitrogen and oxygen atoms in total. The summed E-state index contributed by atoms with van der Waals surface area (Å²) < 4.78 is 0. The maximum atomic E-state index is 13.4. The van der Waals surface area contributed by atoms with Crippen LogP contribution in [0, 0.1) is 13.8 Å². The lowest BCUT2D eigenvalue weighted by atomic mass is 10.1. The minimum atomic E-state index is -1.59. The number of aryl methyl sites for hydroxylation is 2. The molecule has 5 rings (SSSR count). The Labute approximate surface area is 376 Å². The van der Waals surface area contributed by atoms with Crippen LogP contribution < -0.4 is 21.3 Å². The van der Waals surface area contributed by atoms with Crippen LogP contribution in [0.15, 0.2) is 118 Å². The molecule has 4 N–H and O–H groups in total. The third kappa shape index (κ3) is 11.9. The Morgan fingerprint density at radius 2 is 0.887 bits per heavy atom. The summed E-state index contributed by atoms with van der Waals surface area (Å²) in [6, 6.07) is 22.6. The molecule has 318 valence electrons. The first-order valence-corrected chi connectivity index (χ1v) is 20.5. The highest BCUT2D eigenvalue weighted by molar-refractivity contribution is 6.33. The summed E-state index contributed by atoms with van der Waals surface area (Å²) in [5.74, 6) is -3.42. The van der Waals surface area contributed by atoms with Crippen LogP contribution in [0.1, 0.15) is 56.8 Å². The van der Waals surface area contributed by atoms with E-state index in [-0.39, 0.29) is 44.3 Å². The topological polar surface area (TPSA) is 200 Å². The zero-order valence-electron chi connectivity index (χ0n) is 33.6. The normalized spacial score (nSPS) is 12.1. The molecule has 0 aliphatic heterocycles. The number of rotatable bonds is 16. The number of amides is 4. The van der Waals surface area contributed by atoms with Gasteiger partial charge < -0.3 is 21.3 Å². The maximum absolute atomic E-state index is 13.4. The van der Waals surface area contributed by atoms with Gasteiger partial charge in [-0.1, -0.05) is 59.6 Å². The minimum absolute atomic E-state index is 0.0452. The lowest BCUT2D eigenvalue weighted by molar-refractivity contribution is -0.127. The molecular formula is C44H38Cl4N8O6. The zero-order chi connectivity index (χ0) is 45.1. The lowest BCUT2D eigenvalue weighted by Gasteiger charge is -2.16. The van der Waals surface area contributed by atoms with Crippen LogP contribution in [0.2, 0.25) is 10.0 Å². The monoisotopic (exact) mass is 914 g/mol. The molecule has 62 heavy (non-hydrogen) atoms. The number of carbonyl (C=O) groups excluding carboxylic acids is 6. The van der Waals surface area contributed by atoms with Crippen molar-refractivity contribution < 1.29 is 28.8 Å². The number of ketones is 2. The fraction of sp³-hybridized carbons (Fsp3) is 0.182. The van der Waals surface area contributed by atoms with Gasteiger partial charge in [-0.05, 0) is 111 Å².